The predicted molar refractivity (Wildman–Crippen MR) is 106 cm³/mol. The highest BCUT2D eigenvalue weighted by Gasteiger charge is 2.37. The van der Waals surface area contributed by atoms with E-state index < -0.39 is 30.2 Å². The number of methoxy groups -OCH3 is 2. The molecule has 9 heteroatoms. The number of para-hydroxylation sites is 1. The zero-order chi connectivity index (χ0) is 21.7. The van der Waals surface area contributed by atoms with Crippen molar-refractivity contribution in [3.8, 4) is 11.5 Å². The third-order valence-electron chi connectivity index (χ3n) is 4.63. The zero-order valence-corrected chi connectivity index (χ0v) is 16.5. The minimum absolute atomic E-state index is 0.00999. The number of hydrogen-bond acceptors (Lipinski definition) is 6. The van der Waals surface area contributed by atoms with Gasteiger partial charge in [0.2, 0.25) is 5.91 Å². The average molecular weight is 416 g/mol. The molecule has 1 heterocycles. The molecule has 0 bridgehead atoms. The fourth-order valence-electron chi connectivity index (χ4n) is 3.12. The molecule has 0 radical (unpaired) electrons. The van der Waals surface area contributed by atoms with E-state index in [0.29, 0.717) is 17.2 Å². The van der Waals surface area contributed by atoms with Crippen molar-refractivity contribution in [1.82, 2.24) is 0 Å². The molecule has 2 aromatic rings. The molecule has 1 atom stereocenters. The van der Waals surface area contributed by atoms with Crippen molar-refractivity contribution in [1.29, 1.82) is 0 Å². The lowest BCUT2D eigenvalue weighted by Crippen LogP contribution is -2.28. The van der Waals surface area contributed by atoms with Gasteiger partial charge in [0.15, 0.2) is 6.61 Å². The first kappa shape index (κ1) is 21.1. The molecular weight excluding hydrogens is 395 g/mol. The highest BCUT2D eigenvalue weighted by molar-refractivity contribution is 6.00. The summed E-state index contributed by atoms with van der Waals surface area (Å²) in [4.78, 5) is 37.9. The fraction of sp³-hybridized carbons (Fsp3) is 0.286. The highest BCUT2D eigenvalue weighted by Crippen LogP contribution is 2.29. The predicted octanol–water partition coefficient (Wildman–Crippen LogP) is 2.38. The Morgan fingerprint density at radius 3 is 2.63 bits per heavy atom. The van der Waals surface area contributed by atoms with Crippen LogP contribution in [0, 0.1) is 11.7 Å². The lowest BCUT2D eigenvalue weighted by molar-refractivity contribution is -0.151. The molecule has 1 fully saturated rings. The Hall–Kier alpha value is -3.62. The smallest absolute Gasteiger partial charge is 0.311 e. The fourth-order valence-corrected chi connectivity index (χ4v) is 3.12. The summed E-state index contributed by atoms with van der Waals surface area (Å²) in [5.74, 6) is -2.06. The SMILES string of the molecule is COc1ccc(OC)c(NC(=O)COC(=O)[C@@H]2CC(=O)N(c3ccccc3F)C2)c1. The molecule has 0 saturated carbocycles. The molecule has 2 amide bonds. The van der Waals surface area contributed by atoms with Crippen molar-refractivity contribution in [2.75, 3.05) is 37.6 Å². The van der Waals surface area contributed by atoms with Gasteiger partial charge in [-0.25, -0.2) is 4.39 Å². The monoisotopic (exact) mass is 416 g/mol. The lowest BCUT2D eigenvalue weighted by atomic mass is 10.1. The van der Waals surface area contributed by atoms with Gasteiger partial charge in [-0.1, -0.05) is 12.1 Å². The van der Waals surface area contributed by atoms with Gasteiger partial charge >= 0.3 is 5.97 Å². The van der Waals surface area contributed by atoms with Gasteiger partial charge in [0.05, 0.1) is 31.5 Å². The summed E-state index contributed by atoms with van der Waals surface area (Å²) in [5, 5.41) is 2.58. The largest absolute Gasteiger partial charge is 0.497 e. The van der Waals surface area contributed by atoms with Gasteiger partial charge in [-0.15, -0.1) is 0 Å². The van der Waals surface area contributed by atoms with E-state index in [4.69, 9.17) is 14.2 Å². The Bertz CT molecular complexity index is 964. The molecule has 0 spiro atoms. The second kappa shape index (κ2) is 9.25. The van der Waals surface area contributed by atoms with Crippen LogP contribution in [0.5, 0.6) is 11.5 Å². The molecule has 1 aliphatic rings. The van der Waals surface area contributed by atoms with Crippen LogP contribution in [0.15, 0.2) is 42.5 Å². The number of rotatable bonds is 7. The number of ether oxygens (including phenoxy) is 3. The van der Waals surface area contributed by atoms with Gasteiger partial charge in [0.1, 0.15) is 17.3 Å². The normalized spacial score (nSPS) is 15.6. The number of amides is 2. The van der Waals surface area contributed by atoms with E-state index in [9.17, 15) is 18.8 Å². The first-order valence-electron chi connectivity index (χ1n) is 9.16. The van der Waals surface area contributed by atoms with Gasteiger partial charge < -0.3 is 24.4 Å². The summed E-state index contributed by atoms with van der Waals surface area (Å²) in [6.07, 6.45) is -0.113. The van der Waals surface area contributed by atoms with Crippen molar-refractivity contribution in [2.24, 2.45) is 5.92 Å². The van der Waals surface area contributed by atoms with Crippen molar-refractivity contribution in [3.05, 3.63) is 48.3 Å². The molecule has 30 heavy (non-hydrogen) atoms. The lowest BCUT2D eigenvalue weighted by Gasteiger charge is -2.17. The maximum Gasteiger partial charge on any atom is 0.311 e. The van der Waals surface area contributed by atoms with Crippen LogP contribution in [0.2, 0.25) is 0 Å². The topological polar surface area (TPSA) is 94.2 Å². The molecule has 3 rings (SSSR count). The molecule has 1 N–H and O–H groups in total. The van der Waals surface area contributed by atoms with E-state index in [-0.39, 0.29) is 24.6 Å². The van der Waals surface area contributed by atoms with Gasteiger partial charge in [0, 0.05) is 19.0 Å². The van der Waals surface area contributed by atoms with Gasteiger partial charge in [-0.05, 0) is 24.3 Å². The summed E-state index contributed by atoms with van der Waals surface area (Å²) in [7, 11) is 2.94. The minimum Gasteiger partial charge on any atom is -0.497 e. The maximum absolute atomic E-state index is 13.9. The van der Waals surface area contributed by atoms with Gasteiger partial charge in [-0.2, -0.15) is 0 Å². The number of carbonyl (C=O) groups excluding carboxylic acids is 3. The van der Waals surface area contributed by atoms with Crippen LogP contribution in [-0.2, 0) is 19.1 Å². The molecule has 1 aliphatic heterocycles. The number of hydrogen-bond donors (Lipinski definition) is 1. The number of carbonyl (C=O) groups is 3. The molecule has 2 aromatic carbocycles. The highest BCUT2D eigenvalue weighted by atomic mass is 19.1. The van der Waals surface area contributed by atoms with E-state index in [1.165, 1.54) is 37.3 Å². The minimum atomic E-state index is -0.781. The molecule has 8 nitrogen and oxygen atoms in total. The second-order valence-corrected chi connectivity index (χ2v) is 6.58. The van der Waals surface area contributed by atoms with E-state index in [1.54, 1.807) is 24.3 Å². The van der Waals surface area contributed by atoms with Crippen molar-refractivity contribution >= 4 is 29.2 Å². The molecule has 0 aromatic heterocycles. The Morgan fingerprint density at radius 2 is 1.93 bits per heavy atom. The number of anilines is 2. The Morgan fingerprint density at radius 1 is 1.17 bits per heavy atom. The van der Waals surface area contributed by atoms with Crippen LogP contribution in [0.4, 0.5) is 15.8 Å². The Labute approximate surface area is 172 Å². The molecule has 0 unspecified atom stereocenters. The van der Waals surface area contributed by atoms with E-state index in [2.05, 4.69) is 5.32 Å². The van der Waals surface area contributed by atoms with Crippen LogP contribution in [-0.4, -0.2) is 45.2 Å². The van der Waals surface area contributed by atoms with E-state index in [1.807, 2.05) is 0 Å². The van der Waals surface area contributed by atoms with Crippen LogP contribution < -0.4 is 19.7 Å². The number of benzene rings is 2. The third-order valence-corrected chi connectivity index (χ3v) is 4.63. The quantitative estimate of drug-likeness (QED) is 0.697. The summed E-state index contributed by atoms with van der Waals surface area (Å²) >= 11 is 0. The first-order valence-corrected chi connectivity index (χ1v) is 9.16. The molecule has 1 saturated heterocycles. The second-order valence-electron chi connectivity index (χ2n) is 6.58. The van der Waals surface area contributed by atoms with Crippen molar-refractivity contribution < 1.29 is 33.0 Å². The summed E-state index contributed by atoms with van der Waals surface area (Å²) in [6, 6.07) is 10.7. The number of esters is 1. The van der Waals surface area contributed by atoms with Crippen LogP contribution in [0.3, 0.4) is 0 Å². The summed E-state index contributed by atoms with van der Waals surface area (Å²) in [5.41, 5.74) is 0.473. The van der Waals surface area contributed by atoms with Crippen molar-refractivity contribution in [3.63, 3.8) is 0 Å². The van der Waals surface area contributed by atoms with Crippen LogP contribution in [0.1, 0.15) is 6.42 Å². The summed E-state index contributed by atoms with van der Waals surface area (Å²) < 4.78 is 29.3. The number of halogens is 1. The number of nitrogens with one attached hydrogen (secondary N) is 1. The third kappa shape index (κ3) is 4.68. The molecule has 158 valence electrons. The Balaban J connectivity index is 1.57. The van der Waals surface area contributed by atoms with E-state index >= 15 is 0 Å². The number of nitrogens with zero attached hydrogens (tertiary/aromatic N) is 1. The van der Waals surface area contributed by atoms with E-state index in [0.717, 1.165) is 0 Å². The van der Waals surface area contributed by atoms with Gasteiger partial charge in [-0.3, -0.25) is 14.4 Å². The zero-order valence-electron chi connectivity index (χ0n) is 16.5. The standard InChI is InChI=1S/C21H21FN2O6/c1-28-14-7-8-18(29-2)16(10-14)23-19(25)12-30-21(27)13-9-20(26)24(11-13)17-6-4-3-5-15(17)22/h3-8,10,13H,9,11-12H2,1-2H3,(H,23,25)/t13-/m1/s1. The molecular formula is C21H21FN2O6. The van der Waals surface area contributed by atoms with Crippen LogP contribution >= 0.6 is 0 Å². The molecule has 0 aliphatic carbocycles. The summed E-state index contributed by atoms with van der Waals surface area (Å²) in [6.45, 7) is -0.548. The Kier molecular flexibility index (Phi) is 6.51. The average Bonchev–Trinajstić information content (AvgIpc) is 3.13. The van der Waals surface area contributed by atoms with Crippen molar-refractivity contribution in [2.45, 2.75) is 6.42 Å². The van der Waals surface area contributed by atoms with Gasteiger partial charge in [0.25, 0.3) is 5.91 Å². The maximum atomic E-state index is 13.9. The first-order chi connectivity index (χ1) is 14.4. The van der Waals surface area contributed by atoms with Crippen LogP contribution in [0.25, 0.3) is 0 Å².